The highest BCUT2D eigenvalue weighted by molar-refractivity contribution is 5.75. The van der Waals surface area contributed by atoms with Gasteiger partial charge in [0.2, 0.25) is 0 Å². The summed E-state index contributed by atoms with van der Waals surface area (Å²) >= 11 is 0. The van der Waals surface area contributed by atoms with Gasteiger partial charge in [0.1, 0.15) is 0 Å². The zero-order valence-corrected chi connectivity index (χ0v) is 12.7. The number of rotatable bonds is 6. The number of aliphatic carboxylic acids is 1. The quantitative estimate of drug-likeness (QED) is 0.737. The molecule has 5 heteroatoms. The Labute approximate surface area is 121 Å². The summed E-state index contributed by atoms with van der Waals surface area (Å²) in [6.07, 6.45) is 7.64. The summed E-state index contributed by atoms with van der Waals surface area (Å²) in [6, 6.07) is 0.331. The van der Waals surface area contributed by atoms with Gasteiger partial charge in [0.25, 0.3) is 0 Å². The van der Waals surface area contributed by atoms with Gasteiger partial charge in [-0.3, -0.25) is 4.79 Å². The molecule has 0 saturated heterocycles. The first-order valence-corrected chi connectivity index (χ1v) is 7.79. The maximum absolute atomic E-state index is 12.3. The summed E-state index contributed by atoms with van der Waals surface area (Å²) < 4.78 is 0. The zero-order valence-electron chi connectivity index (χ0n) is 12.7. The van der Waals surface area contributed by atoms with Gasteiger partial charge in [0.05, 0.1) is 0 Å². The van der Waals surface area contributed by atoms with E-state index in [2.05, 4.69) is 5.32 Å². The molecule has 1 fully saturated rings. The molecule has 5 nitrogen and oxygen atoms in total. The maximum Gasteiger partial charge on any atom is 0.317 e. The summed E-state index contributed by atoms with van der Waals surface area (Å²) in [7, 11) is 0. The number of nitrogens with one attached hydrogen (secondary N) is 1. The Kier molecular flexibility index (Phi) is 7.41. The van der Waals surface area contributed by atoms with Crippen molar-refractivity contribution in [3.8, 4) is 0 Å². The van der Waals surface area contributed by atoms with Crippen LogP contribution in [0.4, 0.5) is 4.79 Å². The molecule has 1 aliphatic carbocycles. The Balaban J connectivity index is 2.43. The van der Waals surface area contributed by atoms with Crippen molar-refractivity contribution < 1.29 is 14.7 Å². The van der Waals surface area contributed by atoms with Crippen LogP contribution >= 0.6 is 0 Å². The largest absolute Gasteiger partial charge is 0.481 e. The second-order valence-electron chi connectivity index (χ2n) is 5.92. The molecule has 20 heavy (non-hydrogen) atoms. The predicted molar refractivity (Wildman–Crippen MR) is 78.7 cm³/mol. The molecule has 0 radical (unpaired) electrons. The lowest BCUT2D eigenvalue weighted by Crippen LogP contribution is -2.48. The van der Waals surface area contributed by atoms with Gasteiger partial charge in [-0.15, -0.1) is 0 Å². The Hall–Kier alpha value is -1.26. The third-order valence-electron chi connectivity index (χ3n) is 3.86. The molecule has 1 aliphatic rings. The number of amides is 2. The lowest BCUT2D eigenvalue weighted by Gasteiger charge is -2.29. The molecule has 2 N–H and O–H groups in total. The fourth-order valence-corrected chi connectivity index (χ4v) is 2.68. The third kappa shape index (κ3) is 6.26. The van der Waals surface area contributed by atoms with Crippen LogP contribution in [0.5, 0.6) is 0 Å². The van der Waals surface area contributed by atoms with E-state index in [9.17, 15) is 9.59 Å². The van der Waals surface area contributed by atoms with Crippen LogP contribution in [-0.2, 0) is 4.79 Å². The van der Waals surface area contributed by atoms with E-state index in [4.69, 9.17) is 5.11 Å². The van der Waals surface area contributed by atoms with Gasteiger partial charge < -0.3 is 15.3 Å². The zero-order chi connectivity index (χ0) is 15.0. The van der Waals surface area contributed by atoms with E-state index in [0.29, 0.717) is 13.0 Å². The van der Waals surface area contributed by atoms with Crippen molar-refractivity contribution in [3.05, 3.63) is 0 Å². The molecular weight excluding hydrogens is 256 g/mol. The molecule has 0 aromatic carbocycles. The minimum atomic E-state index is -0.808. The summed E-state index contributed by atoms with van der Waals surface area (Å²) in [4.78, 5) is 24.6. The smallest absolute Gasteiger partial charge is 0.317 e. The minimum absolute atomic E-state index is 0.0442. The Morgan fingerprint density at radius 1 is 1.20 bits per heavy atom. The first kappa shape index (κ1) is 16.8. The molecule has 116 valence electrons. The molecule has 1 saturated carbocycles. The van der Waals surface area contributed by atoms with Crippen LogP contribution < -0.4 is 5.32 Å². The molecule has 0 aromatic rings. The van der Waals surface area contributed by atoms with Crippen molar-refractivity contribution in [1.82, 2.24) is 10.2 Å². The number of urea groups is 1. The second-order valence-corrected chi connectivity index (χ2v) is 5.92. The highest BCUT2D eigenvalue weighted by atomic mass is 16.4. The van der Waals surface area contributed by atoms with Gasteiger partial charge in [-0.1, -0.05) is 25.7 Å². The van der Waals surface area contributed by atoms with Crippen molar-refractivity contribution in [3.63, 3.8) is 0 Å². The highest BCUT2D eigenvalue weighted by Crippen LogP contribution is 2.17. The molecule has 0 aromatic heterocycles. The number of carboxylic acids is 1. The molecule has 0 heterocycles. The number of carbonyl (C=O) groups excluding carboxylic acids is 1. The van der Waals surface area contributed by atoms with E-state index in [0.717, 1.165) is 12.8 Å². The van der Waals surface area contributed by atoms with Crippen molar-refractivity contribution >= 4 is 12.0 Å². The fraction of sp³-hybridized carbons (Fsp3) is 0.867. The topological polar surface area (TPSA) is 69.6 Å². The molecular formula is C15H28N2O3. The van der Waals surface area contributed by atoms with E-state index < -0.39 is 5.97 Å². The molecule has 0 bridgehead atoms. The first-order valence-electron chi connectivity index (χ1n) is 7.79. The molecule has 1 rings (SSSR count). The molecule has 0 aliphatic heterocycles. The van der Waals surface area contributed by atoms with Crippen LogP contribution in [0, 0.1) is 0 Å². The maximum atomic E-state index is 12.3. The van der Waals surface area contributed by atoms with Gasteiger partial charge in [-0.05, 0) is 33.1 Å². The van der Waals surface area contributed by atoms with E-state index in [1.165, 1.54) is 25.7 Å². The highest BCUT2D eigenvalue weighted by Gasteiger charge is 2.21. The van der Waals surface area contributed by atoms with Crippen molar-refractivity contribution in [2.45, 2.75) is 77.3 Å². The van der Waals surface area contributed by atoms with Gasteiger partial charge in [-0.2, -0.15) is 0 Å². The van der Waals surface area contributed by atoms with Crippen LogP contribution in [0.1, 0.15) is 65.2 Å². The van der Waals surface area contributed by atoms with Crippen LogP contribution in [0.25, 0.3) is 0 Å². The summed E-state index contributed by atoms with van der Waals surface area (Å²) in [5.41, 5.74) is 0. The Morgan fingerprint density at radius 3 is 2.30 bits per heavy atom. The monoisotopic (exact) mass is 284 g/mol. The van der Waals surface area contributed by atoms with Crippen molar-refractivity contribution in [2.24, 2.45) is 0 Å². The SMILES string of the molecule is CC(C)N(CCCC(=O)O)C(=O)NC1CCCCCC1. The fourth-order valence-electron chi connectivity index (χ4n) is 2.68. The minimum Gasteiger partial charge on any atom is -0.481 e. The predicted octanol–water partition coefficient (Wildman–Crippen LogP) is 2.99. The lowest BCUT2D eigenvalue weighted by molar-refractivity contribution is -0.137. The van der Waals surface area contributed by atoms with Crippen molar-refractivity contribution in [1.29, 1.82) is 0 Å². The van der Waals surface area contributed by atoms with Gasteiger partial charge in [0.15, 0.2) is 0 Å². The number of hydrogen-bond acceptors (Lipinski definition) is 2. The third-order valence-corrected chi connectivity index (χ3v) is 3.86. The molecule has 0 atom stereocenters. The number of nitrogens with zero attached hydrogens (tertiary/aromatic N) is 1. The lowest BCUT2D eigenvalue weighted by atomic mass is 10.1. The van der Waals surface area contributed by atoms with Gasteiger partial charge in [-0.25, -0.2) is 4.79 Å². The summed E-state index contributed by atoms with van der Waals surface area (Å²) in [5, 5.41) is 11.8. The van der Waals surface area contributed by atoms with Crippen LogP contribution in [0.15, 0.2) is 0 Å². The van der Waals surface area contributed by atoms with Crippen LogP contribution in [0.3, 0.4) is 0 Å². The van der Waals surface area contributed by atoms with E-state index >= 15 is 0 Å². The van der Waals surface area contributed by atoms with E-state index in [-0.39, 0.29) is 24.5 Å². The average molecular weight is 284 g/mol. The second kappa shape index (κ2) is 8.82. The van der Waals surface area contributed by atoms with E-state index in [1.807, 2.05) is 13.8 Å². The summed E-state index contributed by atoms with van der Waals surface area (Å²) in [5.74, 6) is -0.808. The Bertz CT molecular complexity index is 310. The van der Waals surface area contributed by atoms with Gasteiger partial charge >= 0.3 is 12.0 Å². The number of carboxylic acid groups (broad SMARTS) is 1. The van der Waals surface area contributed by atoms with Crippen molar-refractivity contribution in [2.75, 3.05) is 6.54 Å². The van der Waals surface area contributed by atoms with Gasteiger partial charge in [0, 0.05) is 25.0 Å². The Morgan fingerprint density at radius 2 is 1.80 bits per heavy atom. The summed E-state index contributed by atoms with van der Waals surface area (Å²) in [6.45, 7) is 4.43. The molecule has 0 unspecified atom stereocenters. The standard InChI is InChI=1S/C15H28N2O3/c1-12(2)17(11-7-10-14(18)19)15(20)16-13-8-5-3-4-6-9-13/h12-13H,3-11H2,1-2H3,(H,16,20)(H,18,19). The molecule has 2 amide bonds. The normalized spacial score (nSPS) is 16.8. The van der Waals surface area contributed by atoms with Crippen LogP contribution in [-0.4, -0.2) is 40.6 Å². The first-order chi connectivity index (χ1) is 9.50. The number of carbonyl (C=O) groups is 2. The van der Waals surface area contributed by atoms with Crippen LogP contribution in [0.2, 0.25) is 0 Å². The van der Waals surface area contributed by atoms with E-state index in [1.54, 1.807) is 4.90 Å². The number of hydrogen-bond donors (Lipinski definition) is 2. The molecule has 0 spiro atoms. The average Bonchev–Trinajstić information content (AvgIpc) is 2.62.